The maximum absolute atomic E-state index is 12.4. The second-order valence-electron chi connectivity index (χ2n) is 8.27. The van der Waals surface area contributed by atoms with Gasteiger partial charge in [0, 0.05) is 25.2 Å². The Bertz CT molecular complexity index is 976. The quantitative estimate of drug-likeness (QED) is 0.416. The van der Waals surface area contributed by atoms with E-state index < -0.39 is 0 Å². The van der Waals surface area contributed by atoms with Crippen molar-refractivity contribution in [2.24, 2.45) is 0 Å². The summed E-state index contributed by atoms with van der Waals surface area (Å²) in [6.07, 6.45) is 10.2. The number of nitrogens with zero attached hydrogens (tertiary/aromatic N) is 2. The molecular formula is C26H34N4O2S. The molecule has 2 aromatic carbocycles. The Morgan fingerprint density at radius 2 is 1.88 bits per heavy atom. The molecule has 0 radical (unpaired) electrons. The van der Waals surface area contributed by atoms with Gasteiger partial charge in [0.2, 0.25) is 11.8 Å². The summed E-state index contributed by atoms with van der Waals surface area (Å²) in [7, 11) is 0. The number of piperidine rings is 1. The van der Waals surface area contributed by atoms with Gasteiger partial charge in [-0.3, -0.25) is 14.5 Å². The number of likely N-dealkylation sites (tertiary alicyclic amines) is 1. The average Bonchev–Trinajstić information content (AvgIpc) is 2.86. The summed E-state index contributed by atoms with van der Waals surface area (Å²) in [5, 5.41) is 7.86. The zero-order valence-electron chi connectivity index (χ0n) is 19.5. The normalized spacial score (nSPS) is 15.8. The lowest BCUT2D eigenvalue weighted by molar-refractivity contribution is -0.126. The summed E-state index contributed by atoms with van der Waals surface area (Å²) < 4.78 is 2.14. The van der Waals surface area contributed by atoms with Crippen molar-refractivity contribution in [1.82, 2.24) is 19.8 Å². The van der Waals surface area contributed by atoms with E-state index >= 15 is 0 Å². The minimum absolute atomic E-state index is 0.0512. The highest BCUT2D eigenvalue weighted by atomic mass is 32.2. The average molecular weight is 467 g/mol. The fourth-order valence-electron chi connectivity index (χ4n) is 4.63. The zero-order valence-corrected chi connectivity index (χ0v) is 20.4. The molecule has 1 aliphatic heterocycles. The molecule has 0 bridgehead atoms. The molecule has 2 amide bonds. The maximum atomic E-state index is 12.4. The third-order valence-electron chi connectivity index (χ3n) is 6.28. The molecule has 1 fully saturated rings. The number of amides is 2. The Morgan fingerprint density at radius 3 is 2.58 bits per heavy atom. The van der Waals surface area contributed by atoms with E-state index in [1.807, 2.05) is 6.26 Å². The van der Waals surface area contributed by atoms with Gasteiger partial charge in [-0.2, -0.15) is 0 Å². The summed E-state index contributed by atoms with van der Waals surface area (Å²) in [6.45, 7) is 4.65. The summed E-state index contributed by atoms with van der Waals surface area (Å²) in [6, 6.07) is 15.9. The van der Waals surface area contributed by atoms with Gasteiger partial charge in [-0.25, -0.2) is 4.31 Å². The summed E-state index contributed by atoms with van der Waals surface area (Å²) in [5.41, 5.74) is 1.40. The number of carbonyl (C=O) groups excluding carboxylic acids is 2. The van der Waals surface area contributed by atoms with Gasteiger partial charge in [-0.05, 0) is 41.9 Å². The predicted octanol–water partition coefficient (Wildman–Crippen LogP) is 3.20. The van der Waals surface area contributed by atoms with Crippen molar-refractivity contribution in [2.45, 2.75) is 38.3 Å². The fourth-order valence-corrected chi connectivity index (χ4v) is 5.39. The van der Waals surface area contributed by atoms with Gasteiger partial charge < -0.3 is 10.6 Å². The summed E-state index contributed by atoms with van der Waals surface area (Å²) in [4.78, 5) is 26.6. The van der Waals surface area contributed by atoms with Crippen LogP contribution >= 0.6 is 11.9 Å². The molecule has 0 aromatic heterocycles. The molecule has 7 heteroatoms. The van der Waals surface area contributed by atoms with Crippen LogP contribution in [0.2, 0.25) is 0 Å². The van der Waals surface area contributed by atoms with E-state index in [0.29, 0.717) is 12.1 Å². The summed E-state index contributed by atoms with van der Waals surface area (Å²) in [5.74, 6) is 1.92. The van der Waals surface area contributed by atoms with Crippen molar-refractivity contribution in [2.75, 3.05) is 39.0 Å². The van der Waals surface area contributed by atoms with Crippen molar-refractivity contribution < 1.29 is 9.59 Å². The van der Waals surface area contributed by atoms with Crippen LogP contribution < -0.4 is 10.6 Å². The van der Waals surface area contributed by atoms with Crippen LogP contribution in [0.25, 0.3) is 10.8 Å². The molecule has 2 aromatic rings. The summed E-state index contributed by atoms with van der Waals surface area (Å²) >= 11 is 1.59. The lowest BCUT2D eigenvalue weighted by Crippen LogP contribution is -2.47. The van der Waals surface area contributed by atoms with Crippen LogP contribution in [0, 0.1) is 12.3 Å². The second kappa shape index (κ2) is 12.6. The van der Waals surface area contributed by atoms with Crippen LogP contribution in [-0.2, 0) is 9.59 Å². The van der Waals surface area contributed by atoms with Crippen molar-refractivity contribution >= 4 is 34.5 Å². The zero-order chi connectivity index (χ0) is 23.6. The highest BCUT2D eigenvalue weighted by Crippen LogP contribution is 2.33. The second-order valence-corrected chi connectivity index (χ2v) is 9.11. The number of nitrogens with one attached hydrogen (secondary N) is 2. The molecular weight excluding hydrogens is 432 g/mol. The number of benzene rings is 2. The molecule has 0 saturated carbocycles. The van der Waals surface area contributed by atoms with Crippen LogP contribution in [0.4, 0.5) is 0 Å². The van der Waals surface area contributed by atoms with Crippen molar-refractivity contribution in [3.05, 3.63) is 48.0 Å². The van der Waals surface area contributed by atoms with E-state index in [4.69, 9.17) is 6.42 Å². The monoisotopic (exact) mass is 466 g/mol. The minimum atomic E-state index is -0.274. The van der Waals surface area contributed by atoms with Gasteiger partial charge >= 0.3 is 0 Å². The molecule has 176 valence electrons. The Kier molecular flexibility index (Phi) is 9.61. The highest BCUT2D eigenvalue weighted by molar-refractivity contribution is 7.96. The minimum Gasteiger partial charge on any atom is -0.346 e. The molecule has 1 aliphatic rings. The largest absolute Gasteiger partial charge is 0.346 e. The van der Waals surface area contributed by atoms with E-state index in [1.165, 1.54) is 16.3 Å². The van der Waals surface area contributed by atoms with Crippen molar-refractivity contribution in [1.29, 1.82) is 0 Å². The first-order chi connectivity index (χ1) is 16.1. The molecule has 1 saturated heterocycles. The lowest BCUT2D eigenvalue weighted by atomic mass is 9.93. The van der Waals surface area contributed by atoms with Crippen molar-refractivity contribution in [3.8, 4) is 12.3 Å². The standard InChI is InChI=1S/C26H34N4O2S/c1-4-15-27-25(31)18-28-26(32)19-30(33-3)21-13-16-29(17-14-21)24(5-2)23-12-8-10-20-9-6-7-11-22(20)23/h1,6-12,21,24H,5,13-19H2,2-3H3,(H,27,31)(H,28,32). The van der Waals surface area contributed by atoms with Gasteiger partial charge in [0.05, 0.1) is 19.6 Å². The van der Waals surface area contributed by atoms with Crippen molar-refractivity contribution in [3.63, 3.8) is 0 Å². The first-order valence-corrected chi connectivity index (χ1v) is 12.7. The first-order valence-electron chi connectivity index (χ1n) is 11.6. The Labute approximate surface area is 201 Å². The first kappa shape index (κ1) is 25.1. The van der Waals surface area contributed by atoms with E-state index in [9.17, 15) is 9.59 Å². The van der Waals surface area contributed by atoms with Gasteiger partial charge in [-0.15, -0.1) is 6.42 Å². The van der Waals surface area contributed by atoms with Gasteiger partial charge in [0.25, 0.3) is 0 Å². The number of hydrogen-bond donors (Lipinski definition) is 2. The number of terminal acetylenes is 1. The molecule has 3 rings (SSSR count). The number of carbonyl (C=O) groups is 2. The fraction of sp³-hybridized carbons (Fsp3) is 0.462. The Balaban J connectivity index is 1.55. The molecule has 1 heterocycles. The number of hydrogen-bond acceptors (Lipinski definition) is 5. The maximum Gasteiger partial charge on any atom is 0.240 e. The Hall–Kier alpha value is -2.53. The van der Waals surface area contributed by atoms with Crippen LogP contribution in [0.15, 0.2) is 42.5 Å². The van der Waals surface area contributed by atoms with Crippen LogP contribution in [0.3, 0.4) is 0 Å². The third-order valence-corrected chi connectivity index (χ3v) is 7.18. The van der Waals surface area contributed by atoms with E-state index in [2.05, 4.69) is 75.1 Å². The van der Waals surface area contributed by atoms with E-state index in [1.54, 1.807) is 11.9 Å². The van der Waals surface area contributed by atoms with Crippen LogP contribution in [0.1, 0.15) is 37.8 Å². The molecule has 0 spiro atoms. The van der Waals surface area contributed by atoms with Crippen LogP contribution in [0.5, 0.6) is 0 Å². The topological polar surface area (TPSA) is 64.7 Å². The van der Waals surface area contributed by atoms with Crippen LogP contribution in [-0.4, -0.2) is 66.0 Å². The molecule has 0 aliphatic carbocycles. The van der Waals surface area contributed by atoms with Gasteiger partial charge in [0.15, 0.2) is 0 Å². The predicted molar refractivity (Wildman–Crippen MR) is 137 cm³/mol. The third kappa shape index (κ3) is 6.73. The van der Waals surface area contributed by atoms with E-state index in [-0.39, 0.29) is 31.4 Å². The molecule has 1 atom stereocenters. The smallest absolute Gasteiger partial charge is 0.240 e. The molecule has 6 nitrogen and oxygen atoms in total. The highest BCUT2D eigenvalue weighted by Gasteiger charge is 2.29. The Morgan fingerprint density at radius 1 is 1.15 bits per heavy atom. The molecule has 2 N–H and O–H groups in total. The van der Waals surface area contributed by atoms with Gasteiger partial charge in [0.1, 0.15) is 0 Å². The molecule has 1 unspecified atom stereocenters. The lowest BCUT2D eigenvalue weighted by Gasteiger charge is -2.40. The molecule has 33 heavy (non-hydrogen) atoms. The number of fused-ring (bicyclic) bond motifs is 1. The SMILES string of the molecule is C#CCNC(=O)CNC(=O)CN(SC)C1CCN(C(CC)c2cccc3ccccc23)CC1. The van der Waals surface area contributed by atoms with Gasteiger partial charge in [-0.1, -0.05) is 67.3 Å². The number of rotatable bonds is 10. The van der Waals surface area contributed by atoms with E-state index in [0.717, 1.165) is 32.4 Å².